The van der Waals surface area contributed by atoms with Gasteiger partial charge in [0, 0.05) is 0 Å². The number of cyclic esters (lactones) is 1. The van der Waals surface area contributed by atoms with Gasteiger partial charge in [0.05, 0.1) is 12.7 Å². The predicted octanol–water partition coefficient (Wildman–Crippen LogP) is 1.17. The molecule has 6 N–H and O–H groups in total. The minimum absolute atomic E-state index is 0.0187. The number of benzene rings is 1. The molecule has 0 saturated carbocycles. The molecule has 1 aliphatic rings. The van der Waals surface area contributed by atoms with Gasteiger partial charge in [-0.1, -0.05) is 24.6 Å². The van der Waals surface area contributed by atoms with Crippen molar-refractivity contribution >= 4 is 23.8 Å². The van der Waals surface area contributed by atoms with Gasteiger partial charge in [-0.25, -0.2) is 4.79 Å². The molecule has 0 radical (unpaired) electrons. The number of nitrogens with two attached hydrogens (primary N) is 2. The van der Waals surface area contributed by atoms with Gasteiger partial charge in [-0.2, -0.15) is 0 Å². The number of aliphatic hydroxyl groups is 1. The molecule has 1 aromatic rings. The third kappa shape index (κ3) is 8.16. The van der Waals surface area contributed by atoms with Gasteiger partial charge in [0.15, 0.2) is 5.78 Å². The zero-order valence-corrected chi connectivity index (χ0v) is 16.2. The van der Waals surface area contributed by atoms with Gasteiger partial charge >= 0.3 is 11.9 Å². The summed E-state index contributed by atoms with van der Waals surface area (Å²) in [5.41, 5.74) is 11.2. The molecule has 158 valence electrons. The fourth-order valence-corrected chi connectivity index (χ4v) is 2.21. The fraction of sp³-hybridized carbons (Fsp3) is 0.350. The molecule has 0 aliphatic carbocycles. The molecule has 0 spiro atoms. The molecule has 1 heterocycles. The number of unbranched alkanes of at least 4 members (excludes halogenated alkanes) is 1. The maximum absolute atomic E-state index is 11.7. The summed E-state index contributed by atoms with van der Waals surface area (Å²) in [6, 6.07) is 6.39. The van der Waals surface area contributed by atoms with Crippen LogP contribution in [-0.2, 0) is 19.1 Å². The summed E-state index contributed by atoms with van der Waals surface area (Å²) in [5.74, 6) is -2.12. The first-order valence-electron chi connectivity index (χ1n) is 8.94. The van der Waals surface area contributed by atoms with Gasteiger partial charge in [0.25, 0.3) is 0 Å². The second-order valence-corrected chi connectivity index (χ2v) is 6.10. The van der Waals surface area contributed by atoms with Crippen molar-refractivity contribution in [3.05, 3.63) is 47.2 Å². The van der Waals surface area contributed by atoms with Crippen molar-refractivity contribution < 1.29 is 34.1 Å². The van der Waals surface area contributed by atoms with Crippen LogP contribution in [0.25, 0.3) is 6.08 Å². The third-order valence-corrected chi connectivity index (χ3v) is 3.95. The number of allylic oxidation sites excluding steroid dienone is 1. The van der Waals surface area contributed by atoms with E-state index in [9.17, 15) is 19.5 Å². The van der Waals surface area contributed by atoms with Crippen LogP contribution in [0.5, 0.6) is 5.75 Å². The quantitative estimate of drug-likeness (QED) is 0.268. The van der Waals surface area contributed by atoms with Crippen LogP contribution in [0.15, 0.2) is 41.7 Å². The Bertz CT molecular complexity index is 770. The summed E-state index contributed by atoms with van der Waals surface area (Å²) in [7, 11) is 1.57. The van der Waals surface area contributed by atoms with E-state index >= 15 is 0 Å². The number of aliphatic hydroxyl groups excluding tert-OH is 1. The van der Waals surface area contributed by atoms with E-state index in [4.69, 9.17) is 21.3 Å². The Morgan fingerprint density at radius 1 is 1.28 bits per heavy atom. The smallest absolute Gasteiger partial charge is 0.374 e. The number of carbonyl (C=O) groups excluding carboxylic acids is 2. The van der Waals surface area contributed by atoms with Crippen LogP contribution in [0.4, 0.5) is 0 Å². The van der Waals surface area contributed by atoms with Crippen LogP contribution < -0.4 is 16.2 Å². The van der Waals surface area contributed by atoms with Gasteiger partial charge < -0.3 is 31.2 Å². The van der Waals surface area contributed by atoms with Crippen molar-refractivity contribution in [2.24, 2.45) is 11.5 Å². The largest absolute Gasteiger partial charge is 0.501 e. The van der Waals surface area contributed by atoms with Gasteiger partial charge in [-0.15, -0.1) is 0 Å². The molecule has 0 amide bonds. The SMILES string of the molecule is COc1ccc(/C=C/C(=O)C2=C(O)C(=O)OC2)cc1.NCCCCC(N)C(=O)O. The molecule has 29 heavy (non-hydrogen) atoms. The maximum Gasteiger partial charge on any atom is 0.374 e. The van der Waals surface area contributed by atoms with Crippen LogP contribution in [0.2, 0.25) is 0 Å². The maximum atomic E-state index is 11.7. The molecular formula is C20H26N2O7. The monoisotopic (exact) mass is 406 g/mol. The number of ether oxygens (including phenoxy) is 2. The summed E-state index contributed by atoms with van der Waals surface area (Å²) in [6.07, 6.45) is 5.04. The summed E-state index contributed by atoms with van der Waals surface area (Å²) in [5, 5.41) is 17.7. The summed E-state index contributed by atoms with van der Waals surface area (Å²) in [4.78, 5) is 32.8. The summed E-state index contributed by atoms with van der Waals surface area (Å²) in [6.45, 7) is 0.419. The zero-order valence-electron chi connectivity index (χ0n) is 16.2. The predicted molar refractivity (Wildman–Crippen MR) is 106 cm³/mol. The highest BCUT2D eigenvalue weighted by Crippen LogP contribution is 2.16. The molecule has 0 saturated heterocycles. The van der Waals surface area contributed by atoms with Crippen molar-refractivity contribution in [3.8, 4) is 5.75 Å². The van der Waals surface area contributed by atoms with Crippen LogP contribution in [-0.4, -0.2) is 54.2 Å². The van der Waals surface area contributed by atoms with E-state index in [2.05, 4.69) is 4.74 Å². The molecule has 1 aromatic carbocycles. The van der Waals surface area contributed by atoms with Crippen molar-refractivity contribution in [2.75, 3.05) is 20.3 Å². The molecule has 0 fully saturated rings. The lowest BCUT2D eigenvalue weighted by molar-refractivity contribution is -0.139. The average Bonchev–Trinajstić information content (AvgIpc) is 3.05. The molecule has 2 rings (SSSR count). The Morgan fingerprint density at radius 2 is 1.93 bits per heavy atom. The van der Waals surface area contributed by atoms with Gasteiger partial charge in [-0.05, 0) is 43.2 Å². The number of carboxylic acid groups (broad SMARTS) is 1. The summed E-state index contributed by atoms with van der Waals surface area (Å²) >= 11 is 0. The van der Waals surface area contributed by atoms with E-state index in [0.29, 0.717) is 13.0 Å². The number of carboxylic acids is 1. The van der Waals surface area contributed by atoms with Gasteiger partial charge in [0.2, 0.25) is 5.76 Å². The van der Waals surface area contributed by atoms with E-state index in [-0.39, 0.29) is 12.2 Å². The molecule has 9 heteroatoms. The molecule has 0 aromatic heterocycles. The third-order valence-electron chi connectivity index (χ3n) is 3.95. The molecule has 1 atom stereocenters. The molecule has 9 nitrogen and oxygen atoms in total. The Kier molecular flexibility index (Phi) is 10.1. The van der Waals surface area contributed by atoms with Crippen molar-refractivity contribution in [3.63, 3.8) is 0 Å². The first kappa shape index (κ1) is 23.9. The van der Waals surface area contributed by atoms with E-state index < -0.39 is 29.5 Å². The highest BCUT2D eigenvalue weighted by Gasteiger charge is 2.27. The number of hydrogen-bond acceptors (Lipinski definition) is 8. The highest BCUT2D eigenvalue weighted by atomic mass is 16.6. The number of methoxy groups -OCH3 is 1. The van der Waals surface area contributed by atoms with Crippen molar-refractivity contribution in [1.29, 1.82) is 0 Å². The van der Waals surface area contributed by atoms with E-state index in [0.717, 1.165) is 24.2 Å². The highest BCUT2D eigenvalue weighted by molar-refractivity contribution is 6.12. The topological polar surface area (TPSA) is 162 Å². The second-order valence-electron chi connectivity index (χ2n) is 6.10. The number of hydrogen-bond donors (Lipinski definition) is 4. The Labute approximate surface area is 168 Å². The Hall–Kier alpha value is -3.17. The van der Waals surface area contributed by atoms with Crippen LogP contribution in [0.1, 0.15) is 24.8 Å². The molecule has 1 aliphatic heterocycles. The van der Waals surface area contributed by atoms with E-state index in [1.807, 2.05) is 0 Å². The fourth-order valence-electron chi connectivity index (χ4n) is 2.21. The standard InChI is InChI=1S/C14H12O5.C6H14N2O2/c1-18-10-5-2-9(3-6-10)4-7-12(15)11-8-19-14(17)13(11)16;7-4-2-1-3-5(8)6(9)10/h2-7,16H,8H2,1H3;5H,1-4,7-8H2,(H,9,10)/b7-4+;. The molecule has 1 unspecified atom stereocenters. The summed E-state index contributed by atoms with van der Waals surface area (Å²) < 4.78 is 9.56. The zero-order chi connectivity index (χ0) is 21.8. The number of rotatable bonds is 9. The minimum atomic E-state index is -0.933. The number of ketones is 1. The van der Waals surface area contributed by atoms with Gasteiger partial charge in [-0.3, -0.25) is 9.59 Å². The van der Waals surface area contributed by atoms with Crippen molar-refractivity contribution in [1.82, 2.24) is 0 Å². The molecular weight excluding hydrogens is 380 g/mol. The minimum Gasteiger partial charge on any atom is -0.501 e. The van der Waals surface area contributed by atoms with E-state index in [1.165, 1.54) is 6.08 Å². The Morgan fingerprint density at radius 3 is 2.41 bits per heavy atom. The lowest BCUT2D eigenvalue weighted by Gasteiger charge is -2.03. The number of aliphatic carboxylic acids is 1. The lowest BCUT2D eigenvalue weighted by atomic mass is 10.1. The van der Waals surface area contributed by atoms with Crippen LogP contribution >= 0.6 is 0 Å². The number of carbonyl (C=O) groups is 3. The van der Waals surface area contributed by atoms with Crippen LogP contribution in [0, 0.1) is 0 Å². The lowest BCUT2D eigenvalue weighted by Crippen LogP contribution is -2.29. The van der Waals surface area contributed by atoms with Crippen molar-refractivity contribution in [2.45, 2.75) is 25.3 Å². The Balaban J connectivity index is 0.000000359. The average molecular weight is 406 g/mol. The number of esters is 1. The van der Waals surface area contributed by atoms with Crippen LogP contribution in [0.3, 0.4) is 0 Å². The second kappa shape index (κ2) is 12.3. The van der Waals surface area contributed by atoms with Gasteiger partial charge in [0.1, 0.15) is 18.4 Å². The molecule has 0 bridgehead atoms. The first-order chi connectivity index (χ1) is 13.8. The normalized spacial score (nSPS) is 14.2. The van der Waals surface area contributed by atoms with E-state index in [1.54, 1.807) is 37.5 Å². The first-order valence-corrected chi connectivity index (χ1v) is 8.94.